The van der Waals surface area contributed by atoms with Gasteiger partial charge in [-0.05, 0) is 51.3 Å². The third-order valence-electron chi connectivity index (χ3n) is 1.91. The van der Waals surface area contributed by atoms with Gasteiger partial charge in [-0.3, -0.25) is 0 Å². The summed E-state index contributed by atoms with van der Waals surface area (Å²) in [4.78, 5) is -0.420. The van der Waals surface area contributed by atoms with Gasteiger partial charge in [0.1, 0.15) is 5.82 Å². The summed E-state index contributed by atoms with van der Waals surface area (Å²) in [7, 11) is 0. The lowest BCUT2D eigenvalue weighted by molar-refractivity contribution is -0.0329. The Morgan fingerprint density at radius 1 is 1.25 bits per heavy atom. The van der Waals surface area contributed by atoms with Gasteiger partial charge >= 0.3 is 5.51 Å². The lowest BCUT2D eigenvalue weighted by Gasteiger charge is -2.12. The normalized spacial score (nSPS) is 12.2. The summed E-state index contributed by atoms with van der Waals surface area (Å²) in [6.07, 6.45) is 0. The second-order valence-corrected chi connectivity index (χ2v) is 5.45. The number of halogens is 5. The van der Waals surface area contributed by atoms with Crippen LogP contribution in [-0.2, 0) is 0 Å². The Hall–Kier alpha value is -0.230. The largest absolute Gasteiger partial charge is 0.446 e. The van der Waals surface area contributed by atoms with Crippen molar-refractivity contribution in [1.82, 2.24) is 0 Å². The predicted octanol–water partition coefficient (Wildman–Crippen LogP) is 5.32. The number of rotatable bonds is 2. The average Bonchev–Trinajstić information content (AvgIpc) is 2.09. The van der Waals surface area contributed by atoms with Crippen molar-refractivity contribution in [1.29, 1.82) is 0 Å². The van der Waals surface area contributed by atoms with Gasteiger partial charge in [-0.2, -0.15) is 13.2 Å². The summed E-state index contributed by atoms with van der Waals surface area (Å²) in [5.41, 5.74) is -3.82. The molecule has 0 saturated carbocycles. The van der Waals surface area contributed by atoms with Crippen molar-refractivity contribution in [3.8, 4) is 0 Å². The van der Waals surface area contributed by atoms with Crippen molar-refractivity contribution < 1.29 is 17.6 Å². The predicted molar refractivity (Wildman–Crippen MR) is 60.1 cm³/mol. The molecular formula is C10H9BrF4S. The van der Waals surface area contributed by atoms with Gasteiger partial charge in [0, 0.05) is 4.47 Å². The molecular weight excluding hydrogens is 308 g/mol. The van der Waals surface area contributed by atoms with Gasteiger partial charge < -0.3 is 0 Å². The van der Waals surface area contributed by atoms with Gasteiger partial charge in [-0.15, -0.1) is 0 Å². The topological polar surface area (TPSA) is 0 Å². The highest BCUT2D eigenvalue weighted by Gasteiger charge is 2.32. The molecule has 0 saturated heterocycles. The van der Waals surface area contributed by atoms with Crippen LogP contribution in [0.2, 0.25) is 0 Å². The first kappa shape index (κ1) is 13.8. The van der Waals surface area contributed by atoms with Gasteiger partial charge in [0.05, 0.1) is 4.90 Å². The van der Waals surface area contributed by atoms with Crippen LogP contribution >= 0.6 is 27.7 Å². The zero-order valence-electron chi connectivity index (χ0n) is 8.53. The Labute approximate surface area is 104 Å². The molecule has 0 fully saturated rings. The summed E-state index contributed by atoms with van der Waals surface area (Å²) in [5, 5.41) is 0. The highest BCUT2D eigenvalue weighted by atomic mass is 79.9. The Bertz CT molecular complexity index is 364. The van der Waals surface area contributed by atoms with Gasteiger partial charge in [0.2, 0.25) is 0 Å². The molecule has 0 nitrogen and oxygen atoms in total. The van der Waals surface area contributed by atoms with Crippen LogP contribution in [0.15, 0.2) is 21.5 Å². The molecule has 16 heavy (non-hydrogen) atoms. The van der Waals surface area contributed by atoms with Crippen LogP contribution in [-0.4, -0.2) is 5.51 Å². The smallest absolute Gasteiger partial charge is 0.206 e. The first-order valence-electron chi connectivity index (χ1n) is 4.45. The molecule has 0 aromatic heterocycles. The molecule has 0 N–H and O–H groups in total. The molecule has 1 aromatic carbocycles. The number of hydrogen-bond acceptors (Lipinski definition) is 1. The molecule has 0 atom stereocenters. The fraction of sp³-hybridized carbons (Fsp3) is 0.400. The molecule has 0 aliphatic carbocycles. The van der Waals surface area contributed by atoms with Crippen molar-refractivity contribution in [2.75, 3.05) is 0 Å². The highest BCUT2D eigenvalue weighted by molar-refractivity contribution is 9.10. The summed E-state index contributed by atoms with van der Waals surface area (Å²) in [5.74, 6) is -0.781. The molecule has 0 bridgehead atoms. The van der Waals surface area contributed by atoms with E-state index in [-0.39, 0.29) is 10.4 Å². The van der Waals surface area contributed by atoms with Crippen LogP contribution in [0.25, 0.3) is 0 Å². The highest BCUT2D eigenvalue weighted by Crippen LogP contribution is 2.42. The maximum Gasteiger partial charge on any atom is 0.446 e. The first-order chi connectivity index (χ1) is 7.20. The van der Waals surface area contributed by atoms with E-state index >= 15 is 0 Å². The molecule has 0 radical (unpaired) electrons. The molecule has 6 heteroatoms. The lowest BCUT2D eigenvalue weighted by Crippen LogP contribution is -2.02. The lowest BCUT2D eigenvalue weighted by atomic mass is 10.0. The summed E-state index contributed by atoms with van der Waals surface area (Å²) in [6.45, 7) is 3.69. The van der Waals surface area contributed by atoms with Crippen molar-refractivity contribution in [3.63, 3.8) is 0 Å². The summed E-state index contributed by atoms with van der Waals surface area (Å²) in [6, 6.07) is 2.66. The van der Waals surface area contributed by atoms with E-state index in [1.54, 1.807) is 0 Å². The van der Waals surface area contributed by atoms with Crippen LogP contribution < -0.4 is 0 Å². The van der Waals surface area contributed by atoms with Crippen LogP contribution in [0.4, 0.5) is 17.6 Å². The molecule has 0 heterocycles. The summed E-state index contributed by atoms with van der Waals surface area (Å²) >= 11 is 2.51. The molecule has 0 aliphatic heterocycles. The Balaban J connectivity index is 3.13. The molecule has 1 aromatic rings. The second kappa shape index (κ2) is 4.96. The van der Waals surface area contributed by atoms with Crippen molar-refractivity contribution in [2.24, 2.45) is 0 Å². The Kier molecular flexibility index (Phi) is 4.29. The fourth-order valence-corrected chi connectivity index (χ4v) is 2.37. The van der Waals surface area contributed by atoms with Crippen LogP contribution in [0.1, 0.15) is 25.3 Å². The monoisotopic (exact) mass is 316 g/mol. The van der Waals surface area contributed by atoms with E-state index in [1.165, 1.54) is 6.07 Å². The van der Waals surface area contributed by atoms with E-state index in [9.17, 15) is 17.6 Å². The maximum absolute atomic E-state index is 13.5. The zero-order valence-corrected chi connectivity index (χ0v) is 10.9. The molecule has 0 unspecified atom stereocenters. The third kappa shape index (κ3) is 3.66. The molecule has 0 amide bonds. The SMILES string of the molecule is CC(C)c1cc(F)c(SC(F)(F)F)c(Br)c1. The van der Waals surface area contributed by atoms with Gasteiger partial charge in [0.25, 0.3) is 0 Å². The van der Waals surface area contributed by atoms with Crippen LogP contribution in [0, 0.1) is 5.82 Å². The fourth-order valence-electron chi connectivity index (χ4n) is 1.13. The zero-order chi connectivity index (χ0) is 12.5. The minimum Gasteiger partial charge on any atom is -0.206 e. The Morgan fingerprint density at radius 2 is 1.81 bits per heavy atom. The van der Waals surface area contributed by atoms with E-state index in [4.69, 9.17) is 0 Å². The molecule has 1 rings (SSSR count). The van der Waals surface area contributed by atoms with E-state index in [0.29, 0.717) is 5.56 Å². The van der Waals surface area contributed by atoms with E-state index < -0.39 is 28.0 Å². The van der Waals surface area contributed by atoms with Crippen molar-refractivity contribution in [3.05, 3.63) is 28.0 Å². The number of hydrogen-bond donors (Lipinski definition) is 0. The quantitative estimate of drug-likeness (QED) is 0.525. The van der Waals surface area contributed by atoms with Crippen molar-refractivity contribution in [2.45, 2.75) is 30.2 Å². The van der Waals surface area contributed by atoms with Crippen molar-refractivity contribution >= 4 is 27.7 Å². The minimum atomic E-state index is -4.48. The summed E-state index contributed by atoms with van der Waals surface area (Å²) < 4.78 is 50.0. The minimum absolute atomic E-state index is 0.0655. The second-order valence-electron chi connectivity index (χ2n) is 3.52. The van der Waals surface area contributed by atoms with Crippen LogP contribution in [0.5, 0.6) is 0 Å². The van der Waals surface area contributed by atoms with Gasteiger partial charge in [-0.1, -0.05) is 13.8 Å². The van der Waals surface area contributed by atoms with E-state index in [2.05, 4.69) is 15.9 Å². The van der Waals surface area contributed by atoms with E-state index in [1.807, 2.05) is 13.8 Å². The Morgan fingerprint density at radius 3 is 2.19 bits per heavy atom. The number of thioether (sulfide) groups is 1. The number of alkyl halides is 3. The molecule has 0 spiro atoms. The van der Waals surface area contributed by atoms with E-state index in [0.717, 1.165) is 6.07 Å². The number of benzene rings is 1. The maximum atomic E-state index is 13.5. The van der Waals surface area contributed by atoms with Gasteiger partial charge in [0.15, 0.2) is 0 Å². The standard InChI is InChI=1S/C10H9BrF4S/c1-5(2)6-3-7(11)9(8(12)4-6)16-10(13,14)15/h3-5H,1-2H3. The molecule has 90 valence electrons. The third-order valence-corrected chi connectivity index (χ3v) is 3.64. The van der Waals surface area contributed by atoms with Gasteiger partial charge in [-0.25, -0.2) is 4.39 Å². The molecule has 0 aliphatic rings. The first-order valence-corrected chi connectivity index (χ1v) is 6.06. The average molecular weight is 317 g/mol. The van der Waals surface area contributed by atoms with Crippen LogP contribution in [0.3, 0.4) is 0 Å².